The molecule has 8 heteroatoms. The summed E-state index contributed by atoms with van der Waals surface area (Å²) in [7, 11) is 3.17. The Bertz CT molecular complexity index is 968. The van der Waals surface area contributed by atoms with E-state index in [-0.39, 0.29) is 24.0 Å². The Morgan fingerprint density at radius 2 is 1.73 bits per heavy atom. The zero-order valence-electron chi connectivity index (χ0n) is 16.9. The molecule has 0 fully saturated rings. The molecule has 0 atom stereocenters. The minimum Gasteiger partial charge on any atom is -0.493 e. The number of anilines is 1. The van der Waals surface area contributed by atoms with Gasteiger partial charge in [-0.2, -0.15) is 0 Å². The molecule has 1 heterocycles. The standard InChI is InChI=1S/C22H24N4O3.HI/c1-27-19-9-8-18(13-20(19)28-2)26-22(23)25-14-17-10-11-24-21(12-17)29-15-16-6-4-3-5-7-16;/h3-13H,14-15H2,1-2H3,(H3,23,25,26);1H. The van der Waals surface area contributed by atoms with Gasteiger partial charge in [-0.3, -0.25) is 0 Å². The second-order valence-electron chi connectivity index (χ2n) is 6.17. The first-order valence-electron chi connectivity index (χ1n) is 9.08. The molecular weight excluding hydrogens is 495 g/mol. The van der Waals surface area contributed by atoms with Crippen molar-refractivity contribution in [2.75, 3.05) is 19.5 Å². The van der Waals surface area contributed by atoms with Gasteiger partial charge in [-0.1, -0.05) is 30.3 Å². The first-order valence-corrected chi connectivity index (χ1v) is 9.08. The molecule has 0 aliphatic rings. The van der Waals surface area contributed by atoms with E-state index in [9.17, 15) is 0 Å². The maximum Gasteiger partial charge on any atom is 0.213 e. The average Bonchev–Trinajstić information content (AvgIpc) is 2.77. The van der Waals surface area contributed by atoms with Crippen molar-refractivity contribution in [2.45, 2.75) is 13.2 Å². The lowest BCUT2D eigenvalue weighted by Gasteiger charge is -2.11. The quantitative estimate of drug-likeness (QED) is 0.263. The van der Waals surface area contributed by atoms with E-state index in [4.69, 9.17) is 19.9 Å². The van der Waals surface area contributed by atoms with Gasteiger partial charge in [0.05, 0.1) is 20.8 Å². The Morgan fingerprint density at radius 3 is 2.47 bits per heavy atom. The second-order valence-corrected chi connectivity index (χ2v) is 6.17. The summed E-state index contributed by atoms with van der Waals surface area (Å²) in [5, 5.41) is 3.04. The monoisotopic (exact) mass is 520 g/mol. The number of nitrogens with zero attached hydrogens (tertiary/aromatic N) is 2. The molecule has 0 saturated heterocycles. The van der Waals surface area contributed by atoms with Crippen molar-refractivity contribution in [3.05, 3.63) is 78.0 Å². The molecule has 30 heavy (non-hydrogen) atoms. The molecule has 0 amide bonds. The molecule has 0 bridgehead atoms. The molecular formula is C22H25IN4O3. The van der Waals surface area contributed by atoms with Crippen LogP contribution in [-0.2, 0) is 13.2 Å². The number of guanidine groups is 1. The first kappa shape index (κ1) is 23.3. The number of pyridine rings is 1. The van der Waals surface area contributed by atoms with Crippen LogP contribution >= 0.6 is 24.0 Å². The Kier molecular flexibility index (Phi) is 9.20. The SMILES string of the molecule is COc1ccc(NC(N)=NCc2ccnc(OCc3ccccc3)c2)cc1OC.I. The van der Waals surface area contributed by atoms with Gasteiger partial charge in [-0.05, 0) is 29.3 Å². The van der Waals surface area contributed by atoms with Crippen LogP contribution in [0, 0.1) is 0 Å². The van der Waals surface area contributed by atoms with Crippen molar-refractivity contribution < 1.29 is 14.2 Å². The molecule has 158 valence electrons. The van der Waals surface area contributed by atoms with E-state index in [0.717, 1.165) is 16.8 Å². The highest BCUT2D eigenvalue weighted by Crippen LogP contribution is 2.29. The van der Waals surface area contributed by atoms with Crippen molar-refractivity contribution in [3.8, 4) is 17.4 Å². The lowest BCUT2D eigenvalue weighted by Crippen LogP contribution is -2.22. The maximum atomic E-state index is 6.01. The lowest BCUT2D eigenvalue weighted by molar-refractivity contribution is 0.293. The molecule has 1 aromatic heterocycles. The maximum absolute atomic E-state index is 6.01. The summed E-state index contributed by atoms with van der Waals surface area (Å²) in [6, 6.07) is 19.1. The van der Waals surface area contributed by atoms with Crippen molar-refractivity contribution in [2.24, 2.45) is 10.7 Å². The van der Waals surface area contributed by atoms with Gasteiger partial charge in [0.1, 0.15) is 6.61 Å². The smallest absolute Gasteiger partial charge is 0.213 e. The molecule has 0 radical (unpaired) electrons. The third-order valence-corrected chi connectivity index (χ3v) is 4.12. The van der Waals surface area contributed by atoms with Crippen LogP contribution in [0.5, 0.6) is 17.4 Å². The van der Waals surface area contributed by atoms with E-state index in [0.29, 0.717) is 36.5 Å². The lowest BCUT2D eigenvalue weighted by atomic mass is 10.2. The van der Waals surface area contributed by atoms with Gasteiger partial charge in [-0.15, -0.1) is 24.0 Å². The van der Waals surface area contributed by atoms with Gasteiger partial charge in [0.25, 0.3) is 0 Å². The number of benzene rings is 2. The fourth-order valence-corrected chi connectivity index (χ4v) is 2.64. The molecule has 2 aromatic carbocycles. The summed E-state index contributed by atoms with van der Waals surface area (Å²) in [6.45, 7) is 0.861. The number of nitrogens with two attached hydrogens (primary N) is 1. The topological polar surface area (TPSA) is 91.0 Å². The summed E-state index contributed by atoms with van der Waals surface area (Å²) in [4.78, 5) is 8.62. The summed E-state index contributed by atoms with van der Waals surface area (Å²) in [6.07, 6.45) is 1.70. The van der Waals surface area contributed by atoms with Crippen LogP contribution in [0.1, 0.15) is 11.1 Å². The van der Waals surface area contributed by atoms with Crippen LogP contribution in [0.15, 0.2) is 71.9 Å². The molecule has 0 aliphatic carbocycles. The van der Waals surface area contributed by atoms with Crippen molar-refractivity contribution in [1.82, 2.24) is 4.98 Å². The van der Waals surface area contributed by atoms with E-state index in [2.05, 4.69) is 15.3 Å². The number of hydrogen-bond donors (Lipinski definition) is 2. The first-order chi connectivity index (χ1) is 14.2. The summed E-state index contributed by atoms with van der Waals surface area (Å²) in [5.41, 5.74) is 8.79. The van der Waals surface area contributed by atoms with E-state index in [1.165, 1.54) is 0 Å². The van der Waals surface area contributed by atoms with E-state index in [1.807, 2.05) is 48.5 Å². The average molecular weight is 520 g/mol. The molecule has 3 N–H and O–H groups in total. The Morgan fingerprint density at radius 1 is 0.967 bits per heavy atom. The molecule has 7 nitrogen and oxygen atoms in total. The van der Waals surface area contributed by atoms with Gasteiger partial charge >= 0.3 is 0 Å². The molecule has 0 unspecified atom stereocenters. The van der Waals surface area contributed by atoms with Gasteiger partial charge < -0.3 is 25.3 Å². The van der Waals surface area contributed by atoms with Crippen LogP contribution in [0.25, 0.3) is 0 Å². The predicted octanol–water partition coefficient (Wildman–Crippen LogP) is 4.22. The Hall–Kier alpha value is -3.01. The van der Waals surface area contributed by atoms with Gasteiger partial charge in [0, 0.05) is 24.0 Å². The molecule has 0 saturated carbocycles. The third kappa shape index (κ3) is 6.80. The zero-order chi connectivity index (χ0) is 20.5. The number of hydrogen-bond acceptors (Lipinski definition) is 5. The van der Waals surface area contributed by atoms with Crippen LogP contribution in [0.4, 0.5) is 5.69 Å². The largest absolute Gasteiger partial charge is 0.493 e. The highest BCUT2D eigenvalue weighted by Gasteiger charge is 2.05. The minimum absolute atomic E-state index is 0. The fourth-order valence-electron chi connectivity index (χ4n) is 2.64. The summed E-state index contributed by atoms with van der Waals surface area (Å²) >= 11 is 0. The molecule has 3 aromatic rings. The number of nitrogens with one attached hydrogen (secondary N) is 1. The highest BCUT2D eigenvalue weighted by molar-refractivity contribution is 14.0. The second kappa shape index (κ2) is 11.9. The summed E-state index contributed by atoms with van der Waals surface area (Å²) < 4.78 is 16.3. The number of rotatable bonds is 8. The Balaban J connectivity index is 0.00000320. The van der Waals surface area contributed by atoms with Gasteiger partial charge in [-0.25, -0.2) is 9.98 Å². The third-order valence-electron chi connectivity index (χ3n) is 4.12. The van der Waals surface area contributed by atoms with E-state index < -0.39 is 0 Å². The van der Waals surface area contributed by atoms with Crippen LogP contribution in [-0.4, -0.2) is 25.2 Å². The molecule has 3 rings (SSSR count). The van der Waals surface area contributed by atoms with E-state index >= 15 is 0 Å². The number of aliphatic imine (C=N–C) groups is 1. The van der Waals surface area contributed by atoms with Gasteiger partial charge in [0.15, 0.2) is 17.5 Å². The van der Waals surface area contributed by atoms with Crippen LogP contribution in [0.3, 0.4) is 0 Å². The number of ether oxygens (including phenoxy) is 3. The van der Waals surface area contributed by atoms with Crippen molar-refractivity contribution >= 4 is 35.6 Å². The minimum atomic E-state index is 0. The normalized spacial score (nSPS) is 10.7. The van der Waals surface area contributed by atoms with Gasteiger partial charge in [0.2, 0.25) is 5.88 Å². The zero-order valence-corrected chi connectivity index (χ0v) is 19.2. The highest BCUT2D eigenvalue weighted by atomic mass is 127. The molecule has 0 spiro atoms. The Labute approximate surface area is 193 Å². The number of aromatic nitrogens is 1. The number of methoxy groups -OCH3 is 2. The fraction of sp³-hybridized carbons (Fsp3) is 0.182. The van der Waals surface area contributed by atoms with Crippen LogP contribution in [0.2, 0.25) is 0 Å². The predicted molar refractivity (Wildman–Crippen MR) is 129 cm³/mol. The molecule has 0 aliphatic heterocycles. The van der Waals surface area contributed by atoms with Crippen molar-refractivity contribution in [3.63, 3.8) is 0 Å². The summed E-state index contributed by atoms with van der Waals surface area (Å²) in [5.74, 6) is 2.10. The van der Waals surface area contributed by atoms with E-state index in [1.54, 1.807) is 32.5 Å². The number of halogens is 1. The van der Waals surface area contributed by atoms with Crippen molar-refractivity contribution in [1.29, 1.82) is 0 Å². The van der Waals surface area contributed by atoms with Crippen LogP contribution < -0.4 is 25.3 Å².